The Morgan fingerprint density at radius 3 is 2.32 bits per heavy atom. The second-order valence-corrected chi connectivity index (χ2v) is 6.26. The van der Waals surface area contributed by atoms with Gasteiger partial charge in [0, 0.05) is 31.7 Å². The highest BCUT2D eigenvalue weighted by Crippen LogP contribution is 2.26. The van der Waals surface area contributed by atoms with Gasteiger partial charge in [0.05, 0.1) is 12.5 Å². The van der Waals surface area contributed by atoms with E-state index in [1.54, 1.807) is 21.9 Å². The molecule has 144 valence electrons. The van der Waals surface area contributed by atoms with E-state index in [0.717, 1.165) is 12.1 Å². The van der Waals surface area contributed by atoms with Crippen LogP contribution < -0.4 is 0 Å². The quantitative estimate of drug-likeness (QED) is 0.691. The second-order valence-electron chi connectivity index (χ2n) is 6.26. The standard InChI is InChI=1S/C19H15F2N3O4/c20-14-4-3-12(10-15(14)21)17-13(11-22-28-17)18(25)23-5-7-24(8-6-23)19(26)16-2-1-9-27-16/h1-4,9-11H,5-8H2. The molecule has 0 unspecified atom stereocenters. The lowest BCUT2D eigenvalue weighted by Crippen LogP contribution is -2.50. The maximum atomic E-state index is 13.5. The molecular formula is C19H15F2N3O4. The van der Waals surface area contributed by atoms with Gasteiger partial charge in [0.2, 0.25) is 0 Å². The predicted molar refractivity (Wildman–Crippen MR) is 92.4 cm³/mol. The third kappa shape index (κ3) is 3.26. The van der Waals surface area contributed by atoms with E-state index in [1.165, 1.54) is 18.5 Å². The minimum atomic E-state index is -1.04. The van der Waals surface area contributed by atoms with E-state index in [-0.39, 0.29) is 34.5 Å². The van der Waals surface area contributed by atoms with Crippen molar-refractivity contribution in [2.75, 3.05) is 26.2 Å². The summed E-state index contributed by atoms with van der Waals surface area (Å²) in [6, 6.07) is 6.45. The number of benzene rings is 1. The first-order chi connectivity index (χ1) is 13.5. The zero-order valence-electron chi connectivity index (χ0n) is 14.6. The minimum Gasteiger partial charge on any atom is -0.459 e. The molecule has 3 aromatic rings. The number of nitrogens with zero attached hydrogens (tertiary/aromatic N) is 3. The maximum Gasteiger partial charge on any atom is 0.289 e. The molecule has 4 rings (SSSR count). The topological polar surface area (TPSA) is 79.8 Å². The molecule has 7 nitrogen and oxygen atoms in total. The smallest absolute Gasteiger partial charge is 0.289 e. The lowest BCUT2D eigenvalue weighted by Gasteiger charge is -2.34. The first kappa shape index (κ1) is 17.9. The van der Waals surface area contributed by atoms with Crippen molar-refractivity contribution >= 4 is 11.8 Å². The molecule has 2 aromatic heterocycles. The Labute approximate surface area is 158 Å². The van der Waals surface area contributed by atoms with Crippen molar-refractivity contribution in [3.05, 3.63) is 65.7 Å². The van der Waals surface area contributed by atoms with Crippen molar-refractivity contribution in [3.63, 3.8) is 0 Å². The molecule has 1 fully saturated rings. The van der Waals surface area contributed by atoms with E-state index < -0.39 is 11.6 Å². The van der Waals surface area contributed by atoms with Crippen LogP contribution in [0.2, 0.25) is 0 Å². The number of hydrogen-bond acceptors (Lipinski definition) is 5. The van der Waals surface area contributed by atoms with Crippen LogP contribution in [0.3, 0.4) is 0 Å². The van der Waals surface area contributed by atoms with Crippen LogP contribution in [0.25, 0.3) is 11.3 Å². The highest BCUT2D eigenvalue weighted by atomic mass is 19.2. The second kappa shape index (κ2) is 7.26. The maximum absolute atomic E-state index is 13.5. The van der Waals surface area contributed by atoms with E-state index in [0.29, 0.717) is 26.2 Å². The number of carbonyl (C=O) groups is 2. The van der Waals surface area contributed by atoms with Gasteiger partial charge in [-0.25, -0.2) is 8.78 Å². The average Bonchev–Trinajstić information content (AvgIpc) is 3.41. The van der Waals surface area contributed by atoms with Gasteiger partial charge in [0.1, 0.15) is 5.56 Å². The molecular weight excluding hydrogens is 372 g/mol. The van der Waals surface area contributed by atoms with E-state index in [2.05, 4.69) is 5.16 Å². The zero-order valence-corrected chi connectivity index (χ0v) is 14.6. The molecule has 28 heavy (non-hydrogen) atoms. The molecule has 9 heteroatoms. The average molecular weight is 387 g/mol. The Kier molecular flexibility index (Phi) is 4.64. The normalized spacial score (nSPS) is 14.4. The Balaban J connectivity index is 1.47. The highest BCUT2D eigenvalue weighted by molar-refractivity contribution is 5.99. The monoisotopic (exact) mass is 387 g/mol. The summed E-state index contributed by atoms with van der Waals surface area (Å²) in [5.41, 5.74) is 0.364. The number of carbonyl (C=O) groups excluding carboxylic acids is 2. The van der Waals surface area contributed by atoms with Gasteiger partial charge in [-0.1, -0.05) is 5.16 Å². The van der Waals surface area contributed by atoms with Crippen LogP contribution in [0.4, 0.5) is 8.78 Å². The predicted octanol–water partition coefficient (Wildman–Crippen LogP) is 2.81. The van der Waals surface area contributed by atoms with Gasteiger partial charge >= 0.3 is 0 Å². The van der Waals surface area contributed by atoms with Crippen molar-refractivity contribution in [3.8, 4) is 11.3 Å². The third-order valence-corrected chi connectivity index (χ3v) is 4.57. The van der Waals surface area contributed by atoms with Crippen LogP contribution in [-0.2, 0) is 0 Å². The van der Waals surface area contributed by atoms with Crippen LogP contribution in [-0.4, -0.2) is 52.9 Å². The van der Waals surface area contributed by atoms with Gasteiger partial charge in [-0.3, -0.25) is 9.59 Å². The molecule has 0 saturated carbocycles. The lowest BCUT2D eigenvalue weighted by atomic mass is 10.1. The van der Waals surface area contributed by atoms with Crippen LogP contribution in [0.1, 0.15) is 20.9 Å². The van der Waals surface area contributed by atoms with Crippen molar-refractivity contribution in [2.24, 2.45) is 0 Å². The Morgan fingerprint density at radius 1 is 0.964 bits per heavy atom. The summed E-state index contributed by atoms with van der Waals surface area (Å²) in [6.07, 6.45) is 2.68. The first-order valence-electron chi connectivity index (χ1n) is 8.57. The van der Waals surface area contributed by atoms with Crippen molar-refractivity contribution < 1.29 is 27.3 Å². The largest absolute Gasteiger partial charge is 0.459 e. The molecule has 0 bridgehead atoms. The number of hydrogen-bond donors (Lipinski definition) is 0. The Hall–Kier alpha value is -3.49. The fraction of sp³-hybridized carbons (Fsp3) is 0.211. The number of aromatic nitrogens is 1. The molecule has 0 N–H and O–H groups in total. The van der Waals surface area contributed by atoms with E-state index in [1.807, 2.05) is 0 Å². The van der Waals surface area contributed by atoms with Crippen LogP contribution in [0.15, 0.2) is 51.7 Å². The molecule has 3 heterocycles. The van der Waals surface area contributed by atoms with E-state index in [4.69, 9.17) is 8.94 Å². The van der Waals surface area contributed by atoms with E-state index >= 15 is 0 Å². The number of halogens is 2. The van der Waals surface area contributed by atoms with Gasteiger partial charge < -0.3 is 18.7 Å². The van der Waals surface area contributed by atoms with Gasteiger partial charge in [-0.2, -0.15) is 0 Å². The first-order valence-corrected chi connectivity index (χ1v) is 8.57. The number of furan rings is 1. The van der Waals surface area contributed by atoms with Crippen molar-refractivity contribution in [2.45, 2.75) is 0 Å². The minimum absolute atomic E-state index is 0.0676. The van der Waals surface area contributed by atoms with Crippen LogP contribution in [0.5, 0.6) is 0 Å². The SMILES string of the molecule is O=C(c1ccco1)N1CCN(C(=O)c2cnoc2-c2ccc(F)c(F)c2)CC1. The summed E-state index contributed by atoms with van der Waals surface area (Å²) >= 11 is 0. The number of amides is 2. The fourth-order valence-corrected chi connectivity index (χ4v) is 3.08. The molecule has 1 saturated heterocycles. The summed E-state index contributed by atoms with van der Waals surface area (Å²) in [6.45, 7) is 1.31. The molecule has 0 spiro atoms. The number of piperazine rings is 1. The molecule has 0 aliphatic carbocycles. The zero-order chi connectivity index (χ0) is 19.7. The van der Waals surface area contributed by atoms with Crippen molar-refractivity contribution in [1.82, 2.24) is 15.0 Å². The summed E-state index contributed by atoms with van der Waals surface area (Å²) in [7, 11) is 0. The van der Waals surface area contributed by atoms with Gasteiger partial charge in [-0.15, -0.1) is 0 Å². The summed E-state index contributed by atoms with van der Waals surface area (Å²) in [4.78, 5) is 28.3. The van der Waals surface area contributed by atoms with Gasteiger partial charge in [0.15, 0.2) is 23.2 Å². The van der Waals surface area contributed by atoms with Gasteiger partial charge in [-0.05, 0) is 30.3 Å². The van der Waals surface area contributed by atoms with Crippen molar-refractivity contribution in [1.29, 1.82) is 0 Å². The Morgan fingerprint density at radius 2 is 1.68 bits per heavy atom. The van der Waals surface area contributed by atoms with Gasteiger partial charge in [0.25, 0.3) is 11.8 Å². The summed E-state index contributed by atoms with van der Waals surface area (Å²) in [5, 5.41) is 3.63. The van der Waals surface area contributed by atoms with Crippen LogP contribution >= 0.6 is 0 Å². The molecule has 1 aromatic carbocycles. The fourth-order valence-electron chi connectivity index (χ4n) is 3.08. The molecule has 1 aliphatic rings. The molecule has 1 aliphatic heterocycles. The number of rotatable bonds is 3. The van der Waals surface area contributed by atoms with E-state index in [9.17, 15) is 18.4 Å². The third-order valence-electron chi connectivity index (χ3n) is 4.57. The van der Waals surface area contributed by atoms with Crippen LogP contribution in [0, 0.1) is 11.6 Å². The molecule has 2 amide bonds. The highest BCUT2D eigenvalue weighted by Gasteiger charge is 2.29. The Bertz CT molecular complexity index is 1010. The summed E-state index contributed by atoms with van der Waals surface area (Å²) < 4.78 is 36.9. The lowest BCUT2D eigenvalue weighted by molar-refractivity contribution is 0.0518. The molecule has 0 radical (unpaired) electrons. The summed E-state index contributed by atoms with van der Waals surface area (Å²) in [5.74, 6) is -2.31. The molecule has 0 atom stereocenters.